The molecule has 2 rings (SSSR count). The van der Waals surface area contributed by atoms with Gasteiger partial charge in [-0.25, -0.2) is 0 Å². The lowest BCUT2D eigenvalue weighted by atomic mass is 10.1. The molecule has 0 saturated heterocycles. The fraction of sp³-hybridized carbons (Fsp3) is 0.385. The fourth-order valence-corrected chi connectivity index (χ4v) is 5.00. The second-order valence-corrected chi connectivity index (χ2v) is 8.32. The van der Waals surface area contributed by atoms with Crippen LogP contribution in [0.4, 0.5) is 0 Å². The van der Waals surface area contributed by atoms with Gasteiger partial charge in [0.15, 0.2) is 0 Å². The zero-order valence-electron chi connectivity index (χ0n) is 10.4. The van der Waals surface area contributed by atoms with Crippen molar-refractivity contribution in [2.45, 2.75) is 25.8 Å². The van der Waals surface area contributed by atoms with Crippen LogP contribution in [0.2, 0.25) is 8.67 Å². The average molecular weight is 399 g/mol. The van der Waals surface area contributed by atoms with Gasteiger partial charge in [-0.1, -0.05) is 30.1 Å². The van der Waals surface area contributed by atoms with Gasteiger partial charge in [0.2, 0.25) is 0 Å². The highest BCUT2D eigenvalue weighted by molar-refractivity contribution is 9.10. The predicted octanol–water partition coefficient (Wildman–Crippen LogP) is 6.16. The van der Waals surface area contributed by atoms with Crippen LogP contribution in [-0.4, -0.2) is 6.54 Å². The number of rotatable bonds is 6. The molecule has 1 nitrogen and oxygen atoms in total. The van der Waals surface area contributed by atoms with E-state index < -0.39 is 0 Å². The van der Waals surface area contributed by atoms with Gasteiger partial charge >= 0.3 is 0 Å². The Labute approximate surface area is 140 Å². The highest BCUT2D eigenvalue weighted by Crippen LogP contribution is 2.37. The number of nitrogens with one attached hydrogen (secondary N) is 1. The van der Waals surface area contributed by atoms with Crippen LogP contribution in [0.25, 0.3) is 0 Å². The summed E-state index contributed by atoms with van der Waals surface area (Å²) >= 11 is 19.1. The zero-order chi connectivity index (χ0) is 13.8. The molecule has 1 N–H and O–H groups in total. The molecule has 0 saturated carbocycles. The first-order valence-corrected chi connectivity index (χ1v) is 9.26. The Kier molecular flexibility index (Phi) is 6.18. The van der Waals surface area contributed by atoms with Crippen LogP contribution in [0.1, 0.15) is 29.8 Å². The molecular weight excluding hydrogens is 385 g/mol. The average Bonchev–Trinajstić information content (AvgIpc) is 2.91. The molecule has 0 spiro atoms. The van der Waals surface area contributed by atoms with Crippen LogP contribution < -0.4 is 5.32 Å². The fourth-order valence-electron chi connectivity index (χ4n) is 1.86. The molecule has 0 aliphatic carbocycles. The molecule has 2 aromatic heterocycles. The molecule has 2 heterocycles. The summed E-state index contributed by atoms with van der Waals surface area (Å²) in [4.78, 5) is 1.33. The topological polar surface area (TPSA) is 12.0 Å². The van der Waals surface area contributed by atoms with E-state index in [2.05, 4.69) is 39.6 Å². The van der Waals surface area contributed by atoms with Gasteiger partial charge in [-0.05, 0) is 46.4 Å². The molecule has 0 radical (unpaired) electrons. The number of hydrogen-bond acceptors (Lipinski definition) is 3. The Balaban J connectivity index is 2.20. The Morgan fingerprint density at radius 2 is 2.21 bits per heavy atom. The molecule has 0 amide bonds. The van der Waals surface area contributed by atoms with Crippen LogP contribution >= 0.6 is 61.8 Å². The van der Waals surface area contributed by atoms with Gasteiger partial charge in [-0.3, -0.25) is 0 Å². The third-order valence-electron chi connectivity index (χ3n) is 2.78. The highest BCUT2D eigenvalue weighted by Gasteiger charge is 2.19. The van der Waals surface area contributed by atoms with E-state index in [0.717, 1.165) is 33.6 Å². The van der Waals surface area contributed by atoms with Crippen LogP contribution in [0, 0.1) is 0 Å². The van der Waals surface area contributed by atoms with Crippen molar-refractivity contribution in [1.82, 2.24) is 5.32 Å². The lowest BCUT2D eigenvalue weighted by Gasteiger charge is -2.17. The lowest BCUT2D eigenvalue weighted by molar-refractivity contribution is 0.533. The van der Waals surface area contributed by atoms with Crippen molar-refractivity contribution >= 4 is 61.8 Å². The molecule has 104 valence electrons. The number of halogens is 3. The largest absolute Gasteiger partial charge is 0.310 e. The molecule has 0 aliphatic rings. The molecule has 2 aromatic rings. The van der Waals surface area contributed by atoms with E-state index in [1.54, 1.807) is 11.3 Å². The molecule has 19 heavy (non-hydrogen) atoms. The van der Waals surface area contributed by atoms with Crippen molar-refractivity contribution in [1.29, 1.82) is 0 Å². The maximum atomic E-state index is 6.28. The maximum Gasteiger partial charge on any atom is 0.0992 e. The third-order valence-corrected chi connectivity index (χ3v) is 6.25. The van der Waals surface area contributed by atoms with Gasteiger partial charge in [0, 0.05) is 27.4 Å². The molecule has 1 atom stereocenters. The van der Waals surface area contributed by atoms with Crippen LogP contribution in [0.5, 0.6) is 0 Å². The van der Waals surface area contributed by atoms with Gasteiger partial charge in [-0.2, -0.15) is 0 Å². The Bertz CT molecular complexity index is 538. The van der Waals surface area contributed by atoms with E-state index in [4.69, 9.17) is 23.2 Å². The normalized spacial score (nSPS) is 12.8. The standard InChI is InChI=1S/C13H14BrCl2NS2/c1-2-4-17-10(7-11-9(14)3-5-18-11)8-6-12(15)19-13(8)16/h3,5-6,10,17H,2,4,7H2,1H3. The molecule has 0 aromatic carbocycles. The summed E-state index contributed by atoms with van der Waals surface area (Å²) in [5.74, 6) is 0. The zero-order valence-corrected chi connectivity index (χ0v) is 15.1. The van der Waals surface area contributed by atoms with Gasteiger partial charge in [0.25, 0.3) is 0 Å². The molecule has 0 bridgehead atoms. The van der Waals surface area contributed by atoms with Gasteiger partial charge in [0.05, 0.1) is 8.67 Å². The predicted molar refractivity (Wildman–Crippen MR) is 91.1 cm³/mol. The SMILES string of the molecule is CCCNC(Cc1sccc1Br)c1cc(Cl)sc1Cl. The van der Waals surface area contributed by atoms with E-state index in [0.29, 0.717) is 0 Å². The molecule has 0 fully saturated rings. The summed E-state index contributed by atoms with van der Waals surface area (Å²) < 4.78 is 2.69. The van der Waals surface area contributed by atoms with E-state index in [9.17, 15) is 0 Å². The summed E-state index contributed by atoms with van der Waals surface area (Å²) in [6, 6.07) is 4.27. The Morgan fingerprint density at radius 3 is 2.74 bits per heavy atom. The number of hydrogen-bond donors (Lipinski definition) is 1. The quantitative estimate of drug-likeness (QED) is 0.613. The van der Waals surface area contributed by atoms with Crippen molar-refractivity contribution in [2.24, 2.45) is 0 Å². The number of thiophene rings is 2. The smallest absolute Gasteiger partial charge is 0.0992 e. The Hall–Kier alpha value is 0.420. The first kappa shape index (κ1) is 15.8. The molecule has 0 aliphatic heterocycles. The van der Waals surface area contributed by atoms with Crippen molar-refractivity contribution < 1.29 is 0 Å². The van der Waals surface area contributed by atoms with E-state index >= 15 is 0 Å². The van der Waals surface area contributed by atoms with Crippen LogP contribution in [0.15, 0.2) is 22.0 Å². The van der Waals surface area contributed by atoms with Crippen molar-refractivity contribution in [3.05, 3.63) is 41.1 Å². The van der Waals surface area contributed by atoms with Gasteiger partial charge in [-0.15, -0.1) is 22.7 Å². The van der Waals surface area contributed by atoms with E-state index in [1.807, 2.05) is 6.07 Å². The lowest BCUT2D eigenvalue weighted by Crippen LogP contribution is -2.23. The summed E-state index contributed by atoms with van der Waals surface area (Å²) in [6.45, 7) is 3.13. The van der Waals surface area contributed by atoms with Crippen molar-refractivity contribution in [2.75, 3.05) is 6.54 Å². The van der Waals surface area contributed by atoms with Gasteiger partial charge < -0.3 is 5.32 Å². The minimum atomic E-state index is 0.214. The second kappa shape index (κ2) is 7.43. The molecule has 6 heteroatoms. The van der Waals surface area contributed by atoms with Gasteiger partial charge in [0.1, 0.15) is 0 Å². The second-order valence-electron chi connectivity index (χ2n) is 4.18. The first-order chi connectivity index (χ1) is 9.11. The summed E-state index contributed by atoms with van der Waals surface area (Å²) in [7, 11) is 0. The Morgan fingerprint density at radius 1 is 1.42 bits per heavy atom. The van der Waals surface area contributed by atoms with E-state index in [1.165, 1.54) is 20.7 Å². The summed E-state index contributed by atoms with van der Waals surface area (Å²) in [5.41, 5.74) is 1.10. The molecule has 1 unspecified atom stereocenters. The highest BCUT2D eigenvalue weighted by atomic mass is 79.9. The van der Waals surface area contributed by atoms with E-state index in [-0.39, 0.29) is 6.04 Å². The monoisotopic (exact) mass is 397 g/mol. The minimum Gasteiger partial charge on any atom is -0.310 e. The first-order valence-electron chi connectivity index (χ1n) is 6.01. The summed E-state index contributed by atoms with van der Waals surface area (Å²) in [6.07, 6.45) is 2.02. The minimum absolute atomic E-state index is 0.214. The van der Waals surface area contributed by atoms with Crippen molar-refractivity contribution in [3.8, 4) is 0 Å². The van der Waals surface area contributed by atoms with Crippen LogP contribution in [-0.2, 0) is 6.42 Å². The maximum absolute atomic E-state index is 6.28. The third kappa shape index (κ3) is 4.19. The molecular formula is C13H14BrCl2NS2. The summed E-state index contributed by atoms with van der Waals surface area (Å²) in [5, 5.41) is 5.65. The van der Waals surface area contributed by atoms with Crippen molar-refractivity contribution in [3.63, 3.8) is 0 Å². The van der Waals surface area contributed by atoms with Crippen LogP contribution in [0.3, 0.4) is 0 Å².